The molecule has 0 bridgehead atoms. The van der Waals surface area contributed by atoms with E-state index in [1.807, 2.05) is 0 Å². The van der Waals surface area contributed by atoms with Crippen molar-refractivity contribution in [2.24, 2.45) is 0 Å². The van der Waals surface area contributed by atoms with Crippen molar-refractivity contribution in [3.63, 3.8) is 0 Å². The number of alkyl halides is 3. The van der Waals surface area contributed by atoms with Gasteiger partial charge in [0.15, 0.2) is 0 Å². The summed E-state index contributed by atoms with van der Waals surface area (Å²) in [5.74, 6) is 0. The van der Waals surface area contributed by atoms with Crippen LogP contribution >= 0.6 is 0 Å². The molecule has 100 valence electrons. The third-order valence-corrected chi connectivity index (χ3v) is 2.58. The molecule has 0 radical (unpaired) electrons. The number of aliphatic hydroxyl groups excluding tert-OH is 1. The monoisotopic (exact) mass is 259 g/mol. The highest BCUT2D eigenvalue weighted by molar-refractivity contribution is 5.19. The van der Waals surface area contributed by atoms with Gasteiger partial charge in [-0.05, 0) is 12.0 Å². The van der Waals surface area contributed by atoms with E-state index in [0.29, 0.717) is 5.56 Å². The molecule has 0 spiro atoms. The Hall–Kier alpha value is -1.33. The third kappa shape index (κ3) is 4.16. The van der Waals surface area contributed by atoms with Gasteiger partial charge in [-0.15, -0.1) is 6.58 Å². The van der Waals surface area contributed by atoms with Crippen molar-refractivity contribution in [3.8, 4) is 0 Å². The van der Waals surface area contributed by atoms with Crippen molar-refractivity contribution >= 4 is 0 Å². The van der Waals surface area contributed by atoms with Crippen LogP contribution in [0.1, 0.15) is 18.0 Å². The summed E-state index contributed by atoms with van der Waals surface area (Å²) >= 11 is 0. The molecule has 0 unspecified atom stereocenters. The van der Waals surface area contributed by atoms with Crippen molar-refractivity contribution < 1.29 is 18.3 Å². The molecule has 0 aliphatic rings. The molecule has 0 aromatic heterocycles. The highest BCUT2D eigenvalue weighted by Gasteiger charge is 2.39. The SMILES string of the molecule is C=CC[C@@H](N[C@@H](CO)c1ccccc1)C(F)(F)F. The Labute approximate surface area is 104 Å². The maximum absolute atomic E-state index is 12.7. The minimum Gasteiger partial charge on any atom is -0.394 e. The molecule has 0 fully saturated rings. The second-order valence-corrected chi connectivity index (χ2v) is 3.93. The average Bonchev–Trinajstić information content (AvgIpc) is 2.34. The normalized spacial score (nSPS) is 15.1. The van der Waals surface area contributed by atoms with E-state index in [-0.39, 0.29) is 6.42 Å². The molecule has 0 saturated heterocycles. The van der Waals surface area contributed by atoms with Crippen LogP contribution in [0.5, 0.6) is 0 Å². The molecule has 1 aromatic rings. The van der Waals surface area contributed by atoms with E-state index in [9.17, 15) is 18.3 Å². The lowest BCUT2D eigenvalue weighted by Crippen LogP contribution is -2.44. The quantitative estimate of drug-likeness (QED) is 0.770. The molecule has 2 nitrogen and oxygen atoms in total. The number of aliphatic hydroxyl groups is 1. The van der Waals surface area contributed by atoms with Gasteiger partial charge in [0.1, 0.15) is 6.04 Å². The summed E-state index contributed by atoms with van der Waals surface area (Å²) in [4.78, 5) is 0. The van der Waals surface area contributed by atoms with Crippen LogP contribution < -0.4 is 5.32 Å². The molecule has 0 aliphatic heterocycles. The van der Waals surface area contributed by atoms with E-state index in [4.69, 9.17) is 0 Å². The number of halogens is 3. The predicted octanol–water partition coefficient (Wildman–Crippen LogP) is 2.82. The fourth-order valence-corrected chi connectivity index (χ4v) is 1.65. The van der Waals surface area contributed by atoms with Gasteiger partial charge in [0.25, 0.3) is 0 Å². The van der Waals surface area contributed by atoms with Crippen LogP contribution in [0.15, 0.2) is 43.0 Å². The number of hydrogen-bond donors (Lipinski definition) is 2. The summed E-state index contributed by atoms with van der Waals surface area (Å²) in [6.07, 6.45) is -3.38. The molecule has 0 saturated carbocycles. The zero-order chi connectivity index (χ0) is 13.6. The van der Waals surface area contributed by atoms with Gasteiger partial charge in [0.2, 0.25) is 0 Å². The maximum atomic E-state index is 12.7. The summed E-state index contributed by atoms with van der Waals surface area (Å²) in [5.41, 5.74) is 0.623. The molecule has 2 atom stereocenters. The second kappa shape index (κ2) is 6.56. The fourth-order valence-electron chi connectivity index (χ4n) is 1.65. The minimum absolute atomic E-state index is 0.229. The van der Waals surface area contributed by atoms with Crippen LogP contribution in [0.25, 0.3) is 0 Å². The summed E-state index contributed by atoms with van der Waals surface area (Å²) in [6.45, 7) is 2.92. The molecule has 0 heterocycles. The third-order valence-electron chi connectivity index (χ3n) is 2.58. The Bertz CT molecular complexity index is 364. The van der Waals surface area contributed by atoms with Crippen LogP contribution in [0.3, 0.4) is 0 Å². The number of nitrogens with one attached hydrogen (secondary N) is 1. The molecule has 1 aromatic carbocycles. The zero-order valence-electron chi connectivity index (χ0n) is 9.82. The average molecular weight is 259 g/mol. The Kier molecular flexibility index (Phi) is 5.37. The standard InChI is InChI=1S/C13H16F3NO/c1-2-6-12(13(14,15)16)17-11(9-18)10-7-4-3-5-8-10/h2-5,7-8,11-12,17-18H,1,6,9H2/t11-,12+/m0/s1. The first-order chi connectivity index (χ1) is 8.49. The van der Waals surface area contributed by atoms with Gasteiger partial charge in [-0.2, -0.15) is 13.2 Å². The van der Waals surface area contributed by atoms with E-state index in [0.717, 1.165) is 0 Å². The van der Waals surface area contributed by atoms with E-state index < -0.39 is 24.9 Å². The maximum Gasteiger partial charge on any atom is 0.404 e. The fraction of sp³-hybridized carbons (Fsp3) is 0.385. The molecule has 0 aliphatic carbocycles. The van der Waals surface area contributed by atoms with Gasteiger partial charge < -0.3 is 5.11 Å². The van der Waals surface area contributed by atoms with Gasteiger partial charge in [-0.1, -0.05) is 36.4 Å². The van der Waals surface area contributed by atoms with Crippen molar-refractivity contribution in [2.45, 2.75) is 24.7 Å². The van der Waals surface area contributed by atoms with E-state index in [1.54, 1.807) is 30.3 Å². The predicted molar refractivity (Wildman–Crippen MR) is 64.1 cm³/mol. The second-order valence-electron chi connectivity index (χ2n) is 3.93. The summed E-state index contributed by atoms with van der Waals surface area (Å²) < 4.78 is 38.2. The van der Waals surface area contributed by atoms with Gasteiger partial charge in [0.05, 0.1) is 12.6 Å². The van der Waals surface area contributed by atoms with Crippen LogP contribution in [0.2, 0.25) is 0 Å². The topological polar surface area (TPSA) is 32.3 Å². The van der Waals surface area contributed by atoms with Crippen molar-refractivity contribution in [2.75, 3.05) is 6.61 Å². The summed E-state index contributed by atoms with van der Waals surface area (Å²) in [5, 5.41) is 11.6. The largest absolute Gasteiger partial charge is 0.404 e. The molecule has 1 rings (SSSR count). The molecule has 0 amide bonds. The Morgan fingerprint density at radius 1 is 1.28 bits per heavy atom. The van der Waals surface area contributed by atoms with E-state index >= 15 is 0 Å². The molecule has 2 N–H and O–H groups in total. The van der Waals surface area contributed by atoms with Gasteiger partial charge >= 0.3 is 6.18 Å². The highest BCUT2D eigenvalue weighted by atomic mass is 19.4. The molecule has 5 heteroatoms. The van der Waals surface area contributed by atoms with Gasteiger partial charge in [-0.25, -0.2) is 0 Å². The van der Waals surface area contributed by atoms with Crippen molar-refractivity contribution in [1.29, 1.82) is 0 Å². The lowest BCUT2D eigenvalue weighted by atomic mass is 10.1. The van der Waals surface area contributed by atoms with Crippen LogP contribution in [-0.4, -0.2) is 23.9 Å². The van der Waals surface area contributed by atoms with Gasteiger partial charge in [-0.3, -0.25) is 5.32 Å². The Balaban J connectivity index is 2.80. The van der Waals surface area contributed by atoms with Crippen molar-refractivity contribution in [3.05, 3.63) is 48.6 Å². The lowest BCUT2D eigenvalue weighted by Gasteiger charge is -2.26. The smallest absolute Gasteiger partial charge is 0.394 e. The van der Waals surface area contributed by atoms with E-state index in [1.165, 1.54) is 6.08 Å². The van der Waals surface area contributed by atoms with Gasteiger partial charge in [0, 0.05) is 0 Å². The number of rotatable bonds is 6. The van der Waals surface area contributed by atoms with E-state index in [2.05, 4.69) is 11.9 Å². The first-order valence-corrected chi connectivity index (χ1v) is 5.58. The van der Waals surface area contributed by atoms with Crippen LogP contribution in [-0.2, 0) is 0 Å². The van der Waals surface area contributed by atoms with Crippen LogP contribution in [0, 0.1) is 0 Å². The summed E-state index contributed by atoms with van der Waals surface area (Å²) in [7, 11) is 0. The van der Waals surface area contributed by atoms with Crippen LogP contribution in [0.4, 0.5) is 13.2 Å². The minimum atomic E-state index is -4.36. The highest BCUT2D eigenvalue weighted by Crippen LogP contribution is 2.25. The molecule has 18 heavy (non-hydrogen) atoms. The summed E-state index contributed by atoms with van der Waals surface area (Å²) in [6, 6.07) is 6.11. The first-order valence-electron chi connectivity index (χ1n) is 5.58. The van der Waals surface area contributed by atoms with Crippen molar-refractivity contribution in [1.82, 2.24) is 5.32 Å². The zero-order valence-corrected chi connectivity index (χ0v) is 9.82. The first kappa shape index (κ1) is 14.7. The molecular formula is C13H16F3NO. The Morgan fingerprint density at radius 2 is 1.89 bits per heavy atom. The number of benzene rings is 1. The molecular weight excluding hydrogens is 243 g/mol. The number of hydrogen-bond acceptors (Lipinski definition) is 2. The Morgan fingerprint density at radius 3 is 2.33 bits per heavy atom. The lowest BCUT2D eigenvalue weighted by molar-refractivity contribution is -0.157.